The SMILES string of the molecule is O=C(Nc1cccc(F)c1)N1C[C@@H]2c3nccn3-c3ccccc3[C@@H]2C1. The first-order chi connectivity index (χ1) is 12.7. The van der Waals surface area contributed by atoms with Crippen molar-refractivity contribution >= 4 is 11.7 Å². The number of amides is 2. The van der Waals surface area contributed by atoms with Crippen LogP contribution in [0.25, 0.3) is 5.69 Å². The van der Waals surface area contributed by atoms with E-state index in [0.29, 0.717) is 18.8 Å². The second kappa shape index (κ2) is 5.69. The quantitative estimate of drug-likeness (QED) is 0.728. The van der Waals surface area contributed by atoms with Crippen molar-refractivity contribution in [2.75, 3.05) is 18.4 Å². The first-order valence-corrected chi connectivity index (χ1v) is 8.65. The normalized spacial score (nSPS) is 20.3. The van der Waals surface area contributed by atoms with Gasteiger partial charge >= 0.3 is 6.03 Å². The maximum absolute atomic E-state index is 13.4. The number of hydrogen-bond acceptors (Lipinski definition) is 2. The average molecular weight is 348 g/mol. The number of likely N-dealkylation sites (tertiary alicyclic amines) is 1. The summed E-state index contributed by atoms with van der Waals surface area (Å²) in [6.07, 6.45) is 3.78. The van der Waals surface area contributed by atoms with Crippen molar-refractivity contribution in [2.24, 2.45) is 0 Å². The number of nitrogens with one attached hydrogen (secondary N) is 1. The number of benzene rings is 2. The van der Waals surface area contributed by atoms with Gasteiger partial charge in [0.05, 0.1) is 5.69 Å². The number of anilines is 1. The number of halogens is 1. The van der Waals surface area contributed by atoms with E-state index >= 15 is 0 Å². The molecule has 0 bridgehead atoms. The minimum Gasteiger partial charge on any atom is -0.323 e. The third-order valence-corrected chi connectivity index (χ3v) is 5.28. The molecule has 5 nitrogen and oxygen atoms in total. The third kappa shape index (κ3) is 2.29. The average Bonchev–Trinajstić information content (AvgIpc) is 3.29. The molecule has 1 aromatic heterocycles. The lowest BCUT2D eigenvalue weighted by Gasteiger charge is -2.28. The standard InChI is InChI=1S/C20H17FN4O/c21-13-4-3-5-14(10-13)23-20(26)24-11-16-15-6-1-2-7-18(15)25-9-8-22-19(25)17(16)12-24/h1-10,16-17H,11-12H2,(H,23,26)/t16-,17-/m0/s1. The van der Waals surface area contributed by atoms with Gasteiger partial charge in [-0.3, -0.25) is 0 Å². The van der Waals surface area contributed by atoms with Crippen LogP contribution in [0, 0.1) is 5.82 Å². The molecule has 2 aliphatic heterocycles. The van der Waals surface area contributed by atoms with Crippen LogP contribution in [-0.4, -0.2) is 33.6 Å². The lowest BCUT2D eigenvalue weighted by molar-refractivity contribution is 0.221. The molecule has 3 heterocycles. The lowest BCUT2D eigenvalue weighted by atomic mass is 9.84. The fraction of sp³-hybridized carbons (Fsp3) is 0.200. The molecule has 26 heavy (non-hydrogen) atoms. The van der Waals surface area contributed by atoms with Crippen molar-refractivity contribution < 1.29 is 9.18 Å². The molecule has 1 saturated heterocycles. The molecule has 0 unspecified atom stereocenters. The Morgan fingerprint density at radius 2 is 1.96 bits per heavy atom. The topological polar surface area (TPSA) is 50.2 Å². The molecule has 2 aliphatic rings. The highest BCUT2D eigenvalue weighted by Gasteiger charge is 2.43. The predicted molar refractivity (Wildman–Crippen MR) is 96.0 cm³/mol. The van der Waals surface area contributed by atoms with Crippen molar-refractivity contribution in [1.82, 2.24) is 14.5 Å². The van der Waals surface area contributed by atoms with Gasteiger partial charge in [0.25, 0.3) is 0 Å². The molecule has 1 N–H and O–H groups in total. The largest absolute Gasteiger partial charge is 0.323 e. The van der Waals surface area contributed by atoms with Crippen LogP contribution in [0.1, 0.15) is 23.2 Å². The third-order valence-electron chi connectivity index (χ3n) is 5.28. The van der Waals surface area contributed by atoms with Crippen molar-refractivity contribution in [1.29, 1.82) is 0 Å². The maximum Gasteiger partial charge on any atom is 0.321 e. The molecule has 130 valence electrons. The predicted octanol–water partition coefficient (Wildman–Crippen LogP) is 3.74. The summed E-state index contributed by atoms with van der Waals surface area (Å²) in [6.45, 7) is 1.22. The maximum atomic E-state index is 13.4. The number of urea groups is 1. The number of nitrogens with zero attached hydrogens (tertiary/aromatic N) is 3. The molecule has 2 amide bonds. The highest BCUT2D eigenvalue weighted by molar-refractivity contribution is 5.89. The Hall–Kier alpha value is -3.15. The zero-order valence-corrected chi connectivity index (χ0v) is 14.0. The summed E-state index contributed by atoms with van der Waals surface area (Å²) in [4.78, 5) is 19.0. The Labute approximate surface area is 150 Å². The fourth-order valence-corrected chi connectivity index (χ4v) is 4.13. The Morgan fingerprint density at radius 1 is 1.12 bits per heavy atom. The van der Waals surface area contributed by atoms with Crippen LogP contribution in [0.2, 0.25) is 0 Å². The van der Waals surface area contributed by atoms with E-state index in [2.05, 4.69) is 27.0 Å². The van der Waals surface area contributed by atoms with E-state index in [1.165, 1.54) is 17.7 Å². The molecule has 1 fully saturated rings. The van der Waals surface area contributed by atoms with Gasteiger partial charge in [0.15, 0.2) is 0 Å². The van der Waals surface area contributed by atoms with Gasteiger partial charge in [-0.15, -0.1) is 0 Å². The molecule has 0 spiro atoms. The number of carbonyl (C=O) groups is 1. The van der Waals surface area contributed by atoms with Crippen molar-refractivity contribution in [3.63, 3.8) is 0 Å². The number of imidazole rings is 1. The molecule has 0 radical (unpaired) electrons. The van der Waals surface area contributed by atoms with Crippen LogP contribution in [0.3, 0.4) is 0 Å². The number of aromatic nitrogens is 2. The van der Waals surface area contributed by atoms with Gasteiger partial charge in [0, 0.05) is 43.0 Å². The summed E-state index contributed by atoms with van der Waals surface area (Å²) < 4.78 is 15.5. The second-order valence-electron chi connectivity index (χ2n) is 6.77. The van der Waals surface area contributed by atoms with Crippen LogP contribution in [0.4, 0.5) is 14.9 Å². The van der Waals surface area contributed by atoms with E-state index in [1.54, 1.807) is 17.0 Å². The number of fused-ring (bicyclic) bond motifs is 6. The van der Waals surface area contributed by atoms with Gasteiger partial charge in [-0.05, 0) is 29.8 Å². The highest BCUT2D eigenvalue weighted by atomic mass is 19.1. The van der Waals surface area contributed by atoms with Crippen LogP contribution in [0.15, 0.2) is 60.9 Å². The van der Waals surface area contributed by atoms with Crippen LogP contribution in [-0.2, 0) is 0 Å². The van der Waals surface area contributed by atoms with E-state index in [-0.39, 0.29) is 23.7 Å². The number of hydrogen-bond donors (Lipinski definition) is 1. The summed E-state index contributed by atoms with van der Waals surface area (Å²) in [5.41, 5.74) is 2.84. The zero-order valence-electron chi connectivity index (χ0n) is 14.0. The highest BCUT2D eigenvalue weighted by Crippen LogP contribution is 2.45. The lowest BCUT2D eigenvalue weighted by Crippen LogP contribution is -2.33. The molecule has 2 aromatic carbocycles. The smallest absolute Gasteiger partial charge is 0.321 e. The fourth-order valence-electron chi connectivity index (χ4n) is 4.13. The molecule has 2 atom stereocenters. The zero-order chi connectivity index (χ0) is 17.7. The van der Waals surface area contributed by atoms with Gasteiger partial charge in [-0.25, -0.2) is 14.2 Å². The van der Waals surface area contributed by atoms with Crippen LogP contribution >= 0.6 is 0 Å². The number of rotatable bonds is 1. The molecule has 5 rings (SSSR count). The van der Waals surface area contributed by atoms with Crippen molar-refractivity contribution in [3.8, 4) is 5.69 Å². The molecular formula is C20H17FN4O. The van der Waals surface area contributed by atoms with Crippen LogP contribution in [0.5, 0.6) is 0 Å². The molecule has 6 heteroatoms. The van der Waals surface area contributed by atoms with Crippen LogP contribution < -0.4 is 5.32 Å². The van der Waals surface area contributed by atoms with E-state index < -0.39 is 0 Å². The molecular weight excluding hydrogens is 331 g/mol. The van der Waals surface area contributed by atoms with E-state index in [1.807, 2.05) is 24.5 Å². The van der Waals surface area contributed by atoms with E-state index in [0.717, 1.165) is 11.5 Å². The summed E-state index contributed by atoms with van der Waals surface area (Å²) in [6, 6.07) is 14.0. The minimum absolute atomic E-state index is 0.165. The number of para-hydroxylation sites is 1. The van der Waals surface area contributed by atoms with Gasteiger partial charge < -0.3 is 14.8 Å². The Morgan fingerprint density at radius 3 is 2.85 bits per heavy atom. The van der Waals surface area contributed by atoms with E-state index in [4.69, 9.17) is 0 Å². The van der Waals surface area contributed by atoms with Gasteiger partial charge in [0.1, 0.15) is 11.6 Å². The monoisotopic (exact) mass is 348 g/mol. The minimum atomic E-state index is -0.367. The second-order valence-corrected chi connectivity index (χ2v) is 6.77. The first kappa shape index (κ1) is 15.1. The summed E-state index contributed by atoms with van der Waals surface area (Å²) in [5.74, 6) is 1.01. The van der Waals surface area contributed by atoms with Crippen molar-refractivity contribution in [3.05, 3.63) is 78.1 Å². The first-order valence-electron chi connectivity index (χ1n) is 8.65. The van der Waals surface area contributed by atoms with Gasteiger partial charge in [-0.1, -0.05) is 24.3 Å². The van der Waals surface area contributed by atoms with Gasteiger partial charge in [-0.2, -0.15) is 0 Å². The van der Waals surface area contributed by atoms with E-state index in [9.17, 15) is 9.18 Å². The molecule has 0 aliphatic carbocycles. The summed E-state index contributed by atoms with van der Waals surface area (Å²) in [7, 11) is 0. The molecule has 3 aromatic rings. The van der Waals surface area contributed by atoms with Gasteiger partial charge in [0.2, 0.25) is 0 Å². The Kier molecular flexibility index (Phi) is 3.31. The number of carbonyl (C=O) groups excluding carboxylic acids is 1. The summed E-state index contributed by atoms with van der Waals surface area (Å²) >= 11 is 0. The summed E-state index contributed by atoms with van der Waals surface area (Å²) in [5, 5.41) is 2.80. The van der Waals surface area contributed by atoms with Crippen molar-refractivity contribution in [2.45, 2.75) is 11.8 Å². The Bertz CT molecular complexity index is 999. The Balaban J connectivity index is 1.44. The molecule has 0 saturated carbocycles.